The summed E-state index contributed by atoms with van der Waals surface area (Å²) in [5.74, 6) is 0.732. The van der Waals surface area contributed by atoms with E-state index in [1.807, 2.05) is 0 Å². The summed E-state index contributed by atoms with van der Waals surface area (Å²) in [4.78, 5) is 28.6. The zero-order chi connectivity index (χ0) is 24.2. The van der Waals surface area contributed by atoms with Gasteiger partial charge in [0.05, 0.1) is 17.4 Å². The van der Waals surface area contributed by atoms with Crippen LogP contribution in [-0.4, -0.2) is 65.8 Å². The lowest BCUT2D eigenvalue weighted by Gasteiger charge is -2.16. The predicted octanol–water partition coefficient (Wildman–Crippen LogP) is 1.93. The third-order valence-electron chi connectivity index (χ3n) is 4.76. The largest absolute Gasteiger partial charge is 0.481 e. The van der Waals surface area contributed by atoms with Crippen molar-refractivity contribution in [3.05, 3.63) is 29.5 Å². The van der Waals surface area contributed by atoms with Crippen molar-refractivity contribution in [2.24, 2.45) is 0 Å². The van der Waals surface area contributed by atoms with Crippen LogP contribution in [-0.2, 0) is 14.8 Å². The average molecular weight is 496 g/mol. The van der Waals surface area contributed by atoms with E-state index in [1.165, 1.54) is 13.3 Å². The van der Waals surface area contributed by atoms with Crippen LogP contribution >= 0.6 is 11.6 Å². The zero-order valence-corrected chi connectivity index (χ0v) is 20.2. The van der Waals surface area contributed by atoms with Crippen molar-refractivity contribution in [3.8, 4) is 17.3 Å². The number of aromatic nitrogens is 4. The maximum absolute atomic E-state index is 12.4. The molecule has 3 aromatic rings. The number of amides is 1. The van der Waals surface area contributed by atoms with Gasteiger partial charge in [0.25, 0.3) is 0 Å². The molecular formula is C20H26ClN7O4S. The maximum Gasteiger partial charge on any atom is 0.242 e. The minimum atomic E-state index is -3.38. The van der Waals surface area contributed by atoms with Crippen LogP contribution in [0.3, 0.4) is 0 Å². The Kier molecular flexibility index (Phi) is 7.72. The number of hydrogen-bond donors (Lipinski definition) is 4. The third-order valence-corrected chi connectivity index (χ3v) is 6.81. The summed E-state index contributed by atoms with van der Waals surface area (Å²) in [6.45, 7) is 5.08. The number of sulfonamides is 1. The molecule has 0 aliphatic carbocycles. The SMILES string of the molecule is COc1cc(N[C@@H](C)C(=O)NCCNS(=O)(=O)C(C)C)nc(-c2c[nH]c3ncc(Cl)cc23)n1. The number of ether oxygens (including phenoxy) is 1. The first kappa shape index (κ1) is 24.7. The van der Waals surface area contributed by atoms with Crippen molar-refractivity contribution in [2.75, 3.05) is 25.5 Å². The summed E-state index contributed by atoms with van der Waals surface area (Å²) < 4.78 is 31.3. The van der Waals surface area contributed by atoms with Crippen molar-refractivity contribution in [2.45, 2.75) is 32.1 Å². The van der Waals surface area contributed by atoms with E-state index in [1.54, 1.807) is 39.1 Å². The van der Waals surface area contributed by atoms with Gasteiger partial charge in [-0.05, 0) is 26.8 Å². The minimum absolute atomic E-state index is 0.0988. The number of fused-ring (bicyclic) bond motifs is 1. The summed E-state index contributed by atoms with van der Waals surface area (Å²) in [5.41, 5.74) is 1.31. The molecule has 0 radical (unpaired) electrons. The van der Waals surface area contributed by atoms with Gasteiger partial charge in [-0.2, -0.15) is 4.98 Å². The molecule has 0 bridgehead atoms. The van der Waals surface area contributed by atoms with Crippen molar-refractivity contribution in [1.29, 1.82) is 0 Å². The number of anilines is 1. The molecule has 1 amide bonds. The van der Waals surface area contributed by atoms with E-state index in [2.05, 4.69) is 35.3 Å². The number of halogens is 1. The molecule has 0 aliphatic rings. The molecule has 0 saturated heterocycles. The number of nitrogens with one attached hydrogen (secondary N) is 4. The molecular weight excluding hydrogens is 470 g/mol. The third kappa shape index (κ3) is 6.09. The monoisotopic (exact) mass is 495 g/mol. The van der Waals surface area contributed by atoms with E-state index < -0.39 is 21.3 Å². The molecule has 0 fully saturated rings. The van der Waals surface area contributed by atoms with Crippen molar-refractivity contribution in [3.63, 3.8) is 0 Å². The Hall–Kier alpha value is -2.96. The topological polar surface area (TPSA) is 151 Å². The number of carbonyl (C=O) groups is 1. The highest BCUT2D eigenvalue weighted by atomic mass is 35.5. The molecule has 3 rings (SSSR count). The number of aromatic amines is 1. The first-order valence-corrected chi connectivity index (χ1v) is 12.1. The quantitative estimate of drug-likeness (QED) is 0.311. The first-order valence-electron chi connectivity index (χ1n) is 10.2. The van der Waals surface area contributed by atoms with Gasteiger partial charge in [0.2, 0.25) is 21.8 Å². The van der Waals surface area contributed by atoms with Gasteiger partial charge in [-0.1, -0.05) is 11.6 Å². The van der Waals surface area contributed by atoms with Crippen LogP contribution in [0.5, 0.6) is 5.88 Å². The van der Waals surface area contributed by atoms with Gasteiger partial charge in [-0.3, -0.25) is 4.79 Å². The molecule has 3 aromatic heterocycles. The zero-order valence-electron chi connectivity index (χ0n) is 18.6. The Balaban J connectivity index is 1.70. The van der Waals surface area contributed by atoms with Crippen LogP contribution in [0, 0.1) is 0 Å². The Labute approximate surface area is 196 Å². The lowest BCUT2D eigenvalue weighted by Crippen LogP contribution is -2.42. The Morgan fingerprint density at radius 3 is 2.67 bits per heavy atom. The Morgan fingerprint density at radius 2 is 1.97 bits per heavy atom. The number of carbonyl (C=O) groups excluding carboxylic acids is 1. The summed E-state index contributed by atoms with van der Waals surface area (Å²) in [6, 6.07) is 2.68. The van der Waals surface area contributed by atoms with Gasteiger partial charge in [0.15, 0.2) is 5.82 Å². The Morgan fingerprint density at radius 1 is 1.21 bits per heavy atom. The molecule has 0 spiro atoms. The van der Waals surface area contributed by atoms with Gasteiger partial charge in [-0.15, -0.1) is 0 Å². The van der Waals surface area contributed by atoms with E-state index in [9.17, 15) is 13.2 Å². The number of rotatable bonds is 10. The second-order valence-corrected chi connectivity index (χ2v) is 10.3. The molecule has 1 atom stereocenters. The van der Waals surface area contributed by atoms with Crippen LogP contribution in [0.1, 0.15) is 20.8 Å². The fraction of sp³-hybridized carbons (Fsp3) is 0.400. The summed E-state index contributed by atoms with van der Waals surface area (Å²) >= 11 is 6.08. The molecule has 0 aromatic carbocycles. The van der Waals surface area contributed by atoms with Gasteiger partial charge in [0, 0.05) is 42.5 Å². The van der Waals surface area contributed by atoms with Crippen molar-refractivity contribution >= 4 is 44.4 Å². The number of H-pyrrole nitrogens is 1. The highest BCUT2D eigenvalue weighted by Gasteiger charge is 2.18. The molecule has 13 heteroatoms. The summed E-state index contributed by atoms with van der Waals surface area (Å²) in [6.07, 6.45) is 3.26. The number of methoxy groups -OCH3 is 1. The number of hydrogen-bond acceptors (Lipinski definition) is 8. The average Bonchev–Trinajstić information content (AvgIpc) is 3.19. The van der Waals surface area contributed by atoms with Crippen molar-refractivity contribution < 1.29 is 17.9 Å². The lowest BCUT2D eigenvalue weighted by atomic mass is 10.2. The van der Waals surface area contributed by atoms with Crippen LogP contribution in [0.2, 0.25) is 5.02 Å². The maximum atomic E-state index is 12.4. The minimum Gasteiger partial charge on any atom is -0.481 e. The normalized spacial score (nSPS) is 12.7. The first-order chi connectivity index (χ1) is 15.6. The molecule has 11 nitrogen and oxygen atoms in total. The van der Waals surface area contributed by atoms with Crippen LogP contribution in [0.4, 0.5) is 5.82 Å². The summed E-state index contributed by atoms with van der Waals surface area (Å²) in [5, 5.41) is 6.39. The van der Waals surface area contributed by atoms with E-state index in [0.29, 0.717) is 33.8 Å². The second-order valence-electron chi connectivity index (χ2n) is 7.52. The number of nitrogens with zero attached hydrogens (tertiary/aromatic N) is 3. The van der Waals surface area contributed by atoms with E-state index >= 15 is 0 Å². The van der Waals surface area contributed by atoms with Gasteiger partial charge < -0.3 is 20.4 Å². The van der Waals surface area contributed by atoms with Crippen molar-refractivity contribution in [1.82, 2.24) is 30.0 Å². The van der Waals surface area contributed by atoms with E-state index in [4.69, 9.17) is 16.3 Å². The van der Waals surface area contributed by atoms with Crippen LogP contribution in [0.15, 0.2) is 24.5 Å². The molecule has 3 heterocycles. The fourth-order valence-corrected chi connectivity index (χ4v) is 3.75. The standard InChI is InChI=1S/C20H26ClN7O4S/c1-11(2)33(30,31)25-6-5-22-20(29)12(3)26-16-8-17(32-4)28-19(27-16)15-10-24-18-14(15)7-13(21)9-23-18/h7-12,25H,5-6H2,1-4H3,(H,22,29)(H,23,24)(H,26,27,28)/t12-/m0/s1. The molecule has 178 valence electrons. The van der Waals surface area contributed by atoms with Crippen LogP contribution in [0.25, 0.3) is 22.4 Å². The second kappa shape index (κ2) is 10.3. The molecule has 0 unspecified atom stereocenters. The molecule has 4 N–H and O–H groups in total. The summed E-state index contributed by atoms with van der Waals surface area (Å²) in [7, 11) is -1.90. The number of pyridine rings is 1. The highest BCUT2D eigenvalue weighted by Crippen LogP contribution is 2.29. The van der Waals surface area contributed by atoms with Gasteiger partial charge in [-0.25, -0.2) is 23.1 Å². The van der Waals surface area contributed by atoms with E-state index in [0.717, 1.165) is 5.39 Å². The fourth-order valence-electron chi connectivity index (χ4n) is 2.87. The Bertz CT molecular complexity index is 1250. The lowest BCUT2D eigenvalue weighted by molar-refractivity contribution is -0.121. The molecule has 0 saturated carbocycles. The molecule has 33 heavy (non-hydrogen) atoms. The predicted molar refractivity (Wildman–Crippen MR) is 127 cm³/mol. The van der Waals surface area contributed by atoms with Crippen LogP contribution < -0.4 is 20.1 Å². The molecule has 0 aliphatic heterocycles. The highest BCUT2D eigenvalue weighted by molar-refractivity contribution is 7.90. The smallest absolute Gasteiger partial charge is 0.242 e. The van der Waals surface area contributed by atoms with E-state index in [-0.39, 0.29) is 19.0 Å². The van der Waals surface area contributed by atoms with Gasteiger partial charge >= 0.3 is 0 Å². The van der Waals surface area contributed by atoms with Gasteiger partial charge in [0.1, 0.15) is 17.5 Å².